The minimum Gasteiger partial charge on any atom is -0.459 e. The topological polar surface area (TPSA) is 71.3 Å². The van der Waals surface area contributed by atoms with Gasteiger partial charge in [-0.2, -0.15) is 0 Å². The van der Waals surface area contributed by atoms with Gasteiger partial charge in [0.1, 0.15) is 0 Å². The molecule has 0 spiro atoms. The first kappa shape index (κ1) is 18.3. The second kappa shape index (κ2) is 8.73. The summed E-state index contributed by atoms with van der Waals surface area (Å²) in [5.74, 6) is -0.154. The van der Waals surface area contributed by atoms with Crippen molar-refractivity contribution in [3.05, 3.63) is 88.3 Å². The van der Waals surface area contributed by atoms with Crippen LogP contribution in [0.1, 0.15) is 26.5 Å². The minimum atomic E-state index is -0.501. The summed E-state index contributed by atoms with van der Waals surface area (Å²) in [6, 6.07) is 18.6. The number of carbonyl (C=O) groups is 2. The summed E-state index contributed by atoms with van der Waals surface area (Å²) in [6.45, 7) is 0. The molecule has 0 aliphatic rings. The van der Waals surface area contributed by atoms with Gasteiger partial charge >= 0.3 is 5.91 Å². The van der Waals surface area contributed by atoms with Crippen molar-refractivity contribution in [1.29, 1.82) is 0 Å². The summed E-state index contributed by atoms with van der Waals surface area (Å²) >= 11 is 4.90. The molecule has 1 aromatic heterocycles. The molecule has 0 bridgehead atoms. The van der Waals surface area contributed by atoms with E-state index in [1.54, 1.807) is 42.1 Å². The first-order valence-corrected chi connectivity index (χ1v) is 9.52. The highest BCUT2D eigenvalue weighted by Gasteiger charge is 2.17. The Morgan fingerprint density at radius 2 is 1.62 bits per heavy atom. The predicted molar refractivity (Wildman–Crippen MR) is 104 cm³/mol. The number of nitrogens with one attached hydrogen (secondary N) is 2. The van der Waals surface area contributed by atoms with Gasteiger partial charge in [-0.3, -0.25) is 20.4 Å². The molecule has 1 heterocycles. The fourth-order valence-electron chi connectivity index (χ4n) is 2.21. The highest BCUT2D eigenvalue weighted by Crippen LogP contribution is 2.24. The van der Waals surface area contributed by atoms with Crippen LogP contribution in [0.25, 0.3) is 0 Å². The largest absolute Gasteiger partial charge is 0.459 e. The Labute approximate surface area is 163 Å². The van der Waals surface area contributed by atoms with Gasteiger partial charge in [-0.1, -0.05) is 30.3 Å². The van der Waals surface area contributed by atoms with E-state index in [-0.39, 0.29) is 5.76 Å². The van der Waals surface area contributed by atoms with Crippen molar-refractivity contribution >= 4 is 39.5 Å². The van der Waals surface area contributed by atoms with Crippen molar-refractivity contribution in [2.24, 2.45) is 0 Å². The second-order valence-corrected chi connectivity index (χ2v) is 7.17. The van der Waals surface area contributed by atoms with Crippen LogP contribution in [0.5, 0.6) is 0 Å². The number of hydrogen-bond acceptors (Lipinski definition) is 4. The van der Waals surface area contributed by atoms with E-state index in [1.165, 1.54) is 6.26 Å². The van der Waals surface area contributed by atoms with E-state index in [0.717, 1.165) is 10.5 Å². The number of benzene rings is 2. The first-order chi connectivity index (χ1) is 12.6. The quantitative estimate of drug-likeness (QED) is 0.464. The number of furan rings is 1. The third-order valence-corrected chi connectivity index (χ3v) is 5.25. The molecule has 26 heavy (non-hydrogen) atoms. The predicted octanol–water partition coefficient (Wildman–Crippen LogP) is 4.41. The lowest BCUT2D eigenvalue weighted by Crippen LogP contribution is -2.41. The van der Waals surface area contributed by atoms with Crippen LogP contribution in [0.3, 0.4) is 0 Å². The number of hydrazine groups is 1. The van der Waals surface area contributed by atoms with Crippen LogP contribution in [0.4, 0.5) is 0 Å². The number of amides is 2. The summed E-state index contributed by atoms with van der Waals surface area (Å²) < 4.78 is 5.93. The Morgan fingerprint density at radius 1 is 0.923 bits per heavy atom. The molecule has 2 aromatic carbocycles. The summed E-state index contributed by atoms with van der Waals surface area (Å²) in [5, 5.41) is 0. The van der Waals surface area contributed by atoms with Gasteiger partial charge in [-0.05, 0) is 46.3 Å². The zero-order valence-electron chi connectivity index (χ0n) is 13.6. The Balaban J connectivity index is 1.59. The van der Waals surface area contributed by atoms with E-state index in [2.05, 4.69) is 26.8 Å². The van der Waals surface area contributed by atoms with E-state index in [0.29, 0.717) is 15.8 Å². The van der Waals surface area contributed by atoms with Crippen LogP contribution in [0.2, 0.25) is 0 Å². The molecule has 0 saturated carbocycles. The minimum absolute atomic E-state index is 0.181. The maximum absolute atomic E-state index is 12.3. The Morgan fingerprint density at radius 3 is 2.38 bits per heavy atom. The third kappa shape index (κ3) is 4.56. The second-order valence-electron chi connectivity index (χ2n) is 5.26. The van der Waals surface area contributed by atoms with Crippen LogP contribution in [-0.4, -0.2) is 11.8 Å². The molecule has 3 rings (SSSR count). The number of thioether (sulfide) groups is 1. The fourth-order valence-corrected chi connectivity index (χ4v) is 3.57. The molecule has 5 nitrogen and oxygen atoms in total. The lowest BCUT2D eigenvalue weighted by Gasteiger charge is -2.08. The third-order valence-electron chi connectivity index (χ3n) is 3.50. The molecule has 132 valence electrons. The highest BCUT2D eigenvalue weighted by atomic mass is 79.9. The summed E-state index contributed by atoms with van der Waals surface area (Å²) in [7, 11) is 0. The van der Waals surface area contributed by atoms with E-state index in [4.69, 9.17) is 4.42 Å². The molecular weight excluding hydrogens is 416 g/mol. The number of halogens is 1. The SMILES string of the molecule is O=C(NNC(=O)c1occc1CSc1ccccc1)c1ccccc1Br. The lowest BCUT2D eigenvalue weighted by atomic mass is 10.2. The van der Waals surface area contributed by atoms with Crippen molar-refractivity contribution in [1.82, 2.24) is 10.9 Å². The first-order valence-electron chi connectivity index (χ1n) is 7.74. The van der Waals surface area contributed by atoms with Gasteiger partial charge in [-0.15, -0.1) is 11.8 Å². The van der Waals surface area contributed by atoms with Crippen LogP contribution < -0.4 is 10.9 Å². The molecule has 2 amide bonds. The van der Waals surface area contributed by atoms with Crippen molar-refractivity contribution in [3.8, 4) is 0 Å². The fraction of sp³-hybridized carbons (Fsp3) is 0.0526. The summed E-state index contributed by atoms with van der Waals surface area (Å²) in [5.41, 5.74) is 5.96. The smallest absolute Gasteiger partial charge is 0.305 e. The molecule has 0 aliphatic heterocycles. The van der Waals surface area contributed by atoms with E-state index in [9.17, 15) is 9.59 Å². The molecule has 0 atom stereocenters. The van der Waals surface area contributed by atoms with Crippen LogP contribution >= 0.6 is 27.7 Å². The molecule has 2 N–H and O–H groups in total. The van der Waals surface area contributed by atoms with Crippen molar-refractivity contribution in [2.75, 3.05) is 0 Å². The monoisotopic (exact) mass is 430 g/mol. The molecule has 0 aliphatic carbocycles. The van der Waals surface area contributed by atoms with Crippen LogP contribution in [0, 0.1) is 0 Å². The maximum atomic E-state index is 12.3. The molecule has 0 radical (unpaired) electrons. The molecule has 0 saturated heterocycles. The Hall–Kier alpha value is -2.51. The van der Waals surface area contributed by atoms with Gasteiger partial charge in [0.2, 0.25) is 0 Å². The van der Waals surface area contributed by atoms with Crippen LogP contribution in [-0.2, 0) is 5.75 Å². The summed E-state index contributed by atoms with van der Waals surface area (Å²) in [4.78, 5) is 25.6. The van der Waals surface area contributed by atoms with Gasteiger partial charge < -0.3 is 4.42 Å². The number of hydrogen-bond donors (Lipinski definition) is 2. The van der Waals surface area contributed by atoms with Gasteiger partial charge in [0.05, 0.1) is 11.8 Å². The summed E-state index contributed by atoms with van der Waals surface area (Å²) in [6.07, 6.45) is 1.46. The van der Waals surface area contributed by atoms with Crippen molar-refractivity contribution in [2.45, 2.75) is 10.6 Å². The average Bonchev–Trinajstić information content (AvgIpc) is 3.14. The van der Waals surface area contributed by atoms with Crippen LogP contribution in [0.15, 0.2) is 80.7 Å². The molecule has 3 aromatic rings. The number of carbonyl (C=O) groups excluding carboxylic acids is 2. The van der Waals surface area contributed by atoms with E-state index < -0.39 is 11.8 Å². The standard InChI is InChI=1S/C19H15BrN2O3S/c20-16-9-5-4-8-15(16)18(23)21-22-19(24)17-13(10-11-25-17)12-26-14-6-2-1-3-7-14/h1-11H,12H2,(H,21,23)(H,22,24). The van der Waals surface area contributed by atoms with Gasteiger partial charge in [0.25, 0.3) is 5.91 Å². The van der Waals surface area contributed by atoms with Crippen molar-refractivity contribution in [3.63, 3.8) is 0 Å². The zero-order valence-corrected chi connectivity index (χ0v) is 16.0. The van der Waals surface area contributed by atoms with Gasteiger partial charge in [0.15, 0.2) is 5.76 Å². The Bertz CT molecular complexity index is 912. The average molecular weight is 431 g/mol. The molecule has 0 unspecified atom stereocenters. The highest BCUT2D eigenvalue weighted by molar-refractivity contribution is 9.10. The molecular formula is C19H15BrN2O3S. The van der Waals surface area contributed by atoms with Gasteiger partial charge in [0, 0.05) is 20.7 Å². The van der Waals surface area contributed by atoms with E-state index >= 15 is 0 Å². The van der Waals surface area contributed by atoms with Gasteiger partial charge in [-0.25, -0.2) is 0 Å². The van der Waals surface area contributed by atoms with Crippen molar-refractivity contribution < 1.29 is 14.0 Å². The normalized spacial score (nSPS) is 10.3. The Kier molecular flexibility index (Phi) is 6.14. The maximum Gasteiger partial charge on any atom is 0.305 e. The molecule has 0 fully saturated rings. The molecule has 7 heteroatoms. The number of rotatable bonds is 5. The zero-order chi connectivity index (χ0) is 18.4. The van der Waals surface area contributed by atoms with E-state index in [1.807, 2.05) is 30.3 Å². The lowest BCUT2D eigenvalue weighted by molar-refractivity contribution is 0.0830.